The maximum absolute atomic E-state index is 13.3. The van der Waals surface area contributed by atoms with E-state index in [-0.39, 0.29) is 101 Å². The second kappa shape index (κ2) is 78.0. The van der Waals surface area contributed by atoms with Crippen LogP contribution < -0.4 is 31.9 Å². The number of Topliss-reactive ketones (excluding diaryl/α,β-unsaturated/α-hetero) is 1. The molecule has 8 N–H and O–H groups in total. The quantitative estimate of drug-likeness (QED) is 0.0159. The molecule has 0 heterocycles. The van der Waals surface area contributed by atoms with E-state index in [1.54, 1.807) is 0 Å². The van der Waals surface area contributed by atoms with Crippen molar-refractivity contribution in [3.05, 3.63) is 0 Å². The van der Waals surface area contributed by atoms with Gasteiger partial charge in [0.05, 0.1) is 71.4 Å². The van der Waals surface area contributed by atoms with E-state index in [1.807, 2.05) is 0 Å². The van der Waals surface area contributed by atoms with Gasteiger partial charge in [0.25, 0.3) is 0 Å². The molecule has 24 nitrogen and oxygen atoms in total. The zero-order valence-corrected chi connectivity index (χ0v) is 72.3. The minimum absolute atomic E-state index is 0.103. The van der Waals surface area contributed by atoms with Crippen molar-refractivity contribution >= 4 is 57.1 Å². The summed E-state index contributed by atoms with van der Waals surface area (Å²) >= 11 is 0. The highest BCUT2D eigenvalue weighted by atomic mass is 31.2. The van der Waals surface area contributed by atoms with E-state index < -0.39 is 72.0 Å². The number of phosphoric ester groups is 2. The Bertz CT molecular complexity index is 2160. The number of carbonyl (C=O) groups is 7. The van der Waals surface area contributed by atoms with Gasteiger partial charge in [0, 0.05) is 58.2 Å². The minimum atomic E-state index is -4.80. The zero-order valence-electron chi connectivity index (χ0n) is 70.5. The highest BCUT2D eigenvalue weighted by molar-refractivity contribution is 7.47. The maximum Gasteiger partial charge on any atom is 0.472 e. The fourth-order valence-corrected chi connectivity index (χ4v) is 14.7. The molecule has 6 atom stereocenters. The van der Waals surface area contributed by atoms with Crippen LogP contribution in [0.15, 0.2) is 0 Å². The van der Waals surface area contributed by atoms with Gasteiger partial charge >= 0.3 is 27.6 Å². The molecular weight excluding hydrogens is 1440 g/mol. The van der Waals surface area contributed by atoms with Crippen LogP contribution in [0.1, 0.15) is 395 Å². The van der Waals surface area contributed by atoms with Crippen LogP contribution in [0.25, 0.3) is 0 Å². The molecule has 0 rings (SSSR count). The Labute approximate surface area is 668 Å². The summed E-state index contributed by atoms with van der Waals surface area (Å²) in [6.07, 6.45) is 55.7. The first-order chi connectivity index (χ1) is 53.3. The van der Waals surface area contributed by atoms with E-state index >= 15 is 0 Å². The average molecular weight is 1610 g/mol. The monoisotopic (exact) mass is 1610 g/mol. The molecule has 0 aliphatic rings. The van der Waals surface area contributed by atoms with Gasteiger partial charge in [0.1, 0.15) is 11.9 Å². The Morgan fingerprint density at radius 3 is 1.01 bits per heavy atom. The largest absolute Gasteiger partial charge is 0.472 e. The van der Waals surface area contributed by atoms with Crippen molar-refractivity contribution in [2.45, 2.75) is 413 Å². The summed E-state index contributed by atoms with van der Waals surface area (Å²) < 4.78 is 65.4. The topological polar surface area (TPSA) is 331 Å². The fraction of sp³-hybridized carbons (Fsp3) is 0.917. The normalized spacial score (nSPS) is 13.7. The third-order valence-electron chi connectivity index (χ3n) is 19.9. The minimum Gasteiger partial charge on any atom is -0.462 e. The first-order valence-electron chi connectivity index (χ1n) is 44.6. The van der Waals surface area contributed by atoms with Gasteiger partial charge in [-0.25, -0.2) is 13.9 Å². The number of unbranched alkanes of at least 4 members (excludes halogenated alkanes) is 40. The number of carbonyl (C=O) groups excluding carboxylic acids is 7. The first kappa shape index (κ1) is 106. The summed E-state index contributed by atoms with van der Waals surface area (Å²) in [5, 5.41) is 15.7. The van der Waals surface area contributed by atoms with Crippen LogP contribution in [0.5, 0.6) is 0 Å². The molecule has 0 spiro atoms. The van der Waals surface area contributed by atoms with Gasteiger partial charge < -0.3 is 55.9 Å². The number of urea groups is 1. The second-order valence-corrected chi connectivity index (χ2v) is 33.5. The summed E-state index contributed by atoms with van der Waals surface area (Å²) in [4.78, 5) is 112. The van der Waals surface area contributed by atoms with Crippen LogP contribution in [-0.2, 0) is 70.2 Å². The molecule has 0 aromatic heterocycles. The highest BCUT2D eigenvalue weighted by Crippen LogP contribution is 2.44. The van der Waals surface area contributed by atoms with E-state index in [9.17, 15) is 52.5 Å². The standard InChI is InChI=1S/C84H164N6O18P2/c1-7-13-19-25-29-33-37-43-48-54-77(91)67-74(53-47-41-23-17-11-5)59-63-102-70-75(89-81(94)68-87-79(92)56-50-44-38-34-30-26-20-14-8-2)72-106-109(98,99)104-65-61-85-84(97)86-62-66-105-110(100,101)107-73-76(90-82(95)69-88-80(93)57-51-45-39-35-31-27-21-15-9-3)71-103-64-60-78(55-49-42-24-18-12-6)108-83(96)58-52-46-40-36-32-28-22-16-10-4/h74-76,78H,7-73H2,1-6H3,(H,87,92)(H,88,93)(H,89,94)(H,90,95)(H,98,99)(H,100,101)(H2,85,86,97)/t74-,75-,76-,78-/m1/s1. The maximum atomic E-state index is 13.3. The van der Waals surface area contributed by atoms with Crippen molar-refractivity contribution in [1.29, 1.82) is 0 Å². The number of rotatable bonds is 85. The Morgan fingerprint density at radius 2 is 0.636 bits per heavy atom. The number of ether oxygens (including phenoxy) is 3. The van der Waals surface area contributed by atoms with Crippen molar-refractivity contribution in [3.8, 4) is 0 Å². The van der Waals surface area contributed by atoms with E-state index in [2.05, 4.69) is 73.4 Å². The van der Waals surface area contributed by atoms with Gasteiger partial charge in [-0.3, -0.25) is 46.9 Å². The molecule has 2 unspecified atom stereocenters. The van der Waals surface area contributed by atoms with Crippen LogP contribution in [0.2, 0.25) is 0 Å². The van der Waals surface area contributed by atoms with Crippen LogP contribution in [0, 0.1) is 5.92 Å². The van der Waals surface area contributed by atoms with Gasteiger partial charge in [-0.1, -0.05) is 305 Å². The molecule has 0 radical (unpaired) electrons. The Balaban J connectivity index is 5.69. The predicted molar refractivity (Wildman–Crippen MR) is 443 cm³/mol. The molecule has 0 aliphatic carbocycles. The van der Waals surface area contributed by atoms with Gasteiger partial charge in [0.15, 0.2) is 0 Å². The number of hydrogen-bond donors (Lipinski definition) is 8. The molecule has 648 valence electrons. The molecule has 6 amide bonds. The average Bonchev–Trinajstić information content (AvgIpc) is 0.915. The van der Waals surface area contributed by atoms with Gasteiger partial charge in [-0.05, 0) is 57.3 Å². The van der Waals surface area contributed by atoms with E-state index in [1.165, 1.54) is 148 Å². The van der Waals surface area contributed by atoms with Gasteiger partial charge in [-0.15, -0.1) is 0 Å². The summed E-state index contributed by atoms with van der Waals surface area (Å²) in [6, 6.07) is -2.68. The van der Waals surface area contributed by atoms with E-state index in [0.717, 1.165) is 141 Å². The van der Waals surface area contributed by atoms with Crippen LogP contribution in [-0.4, -0.2) is 148 Å². The smallest absolute Gasteiger partial charge is 0.462 e. The lowest BCUT2D eigenvalue weighted by molar-refractivity contribution is -0.150. The number of amides is 6. The molecule has 0 saturated heterocycles. The van der Waals surface area contributed by atoms with E-state index in [4.69, 9.17) is 32.3 Å². The number of nitrogens with one attached hydrogen (secondary N) is 6. The lowest BCUT2D eigenvalue weighted by atomic mass is 9.91. The van der Waals surface area contributed by atoms with Crippen molar-refractivity contribution in [2.75, 3.05) is 79.0 Å². The van der Waals surface area contributed by atoms with Crippen molar-refractivity contribution in [2.24, 2.45) is 5.92 Å². The van der Waals surface area contributed by atoms with Crippen molar-refractivity contribution < 1.29 is 84.8 Å². The third kappa shape index (κ3) is 74.5. The summed E-state index contributed by atoms with van der Waals surface area (Å²) in [5.41, 5.74) is 0. The predicted octanol–water partition coefficient (Wildman–Crippen LogP) is 19.5. The summed E-state index contributed by atoms with van der Waals surface area (Å²) in [6.45, 7) is 10.1. The number of hydrogen-bond acceptors (Lipinski definition) is 16. The molecule has 0 aromatic rings. The summed E-state index contributed by atoms with van der Waals surface area (Å²) in [7, 11) is -9.58. The Kier molecular flexibility index (Phi) is 75.4. The number of esters is 1. The van der Waals surface area contributed by atoms with Crippen LogP contribution in [0.4, 0.5) is 4.79 Å². The van der Waals surface area contributed by atoms with Crippen molar-refractivity contribution in [1.82, 2.24) is 31.9 Å². The molecule has 110 heavy (non-hydrogen) atoms. The summed E-state index contributed by atoms with van der Waals surface area (Å²) in [5.74, 6) is -1.48. The SMILES string of the molecule is CCCCCCCCCCCC(=O)C[C@H](CCCCCCC)CCOC[C@H](COP(=O)(O)OCCNC(=O)NCCOP(=O)(O)OC[C@@H](COCC[C@@H](CCCCCCC)OC(=O)CCCCCCCCCCC)NC(=O)CNC(=O)CCCCCCCCCCC)NC(=O)CNC(=O)CCCCCCCCCCC. The first-order valence-corrected chi connectivity index (χ1v) is 47.5. The number of ketones is 1. The lowest BCUT2D eigenvalue weighted by Gasteiger charge is -2.22. The third-order valence-corrected chi connectivity index (χ3v) is 21.9. The lowest BCUT2D eigenvalue weighted by Crippen LogP contribution is -2.46. The second-order valence-electron chi connectivity index (χ2n) is 30.6. The fourth-order valence-electron chi connectivity index (χ4n) is 13.1. The van der Waals surface area contributed by atoms with Crippen molar-refractivity contribution in [3.63, 3.8) is 0 Å². The number of phosphoric acid groups is 2. The highest BCUT2D eigenvalue weighted by Gasteiger charge is 2.28. The Morgan fingerprint density at radius 1 is 0.318 bits per heavy atom. The molecule has 0 aromatic carbocycles. The zero-order chi connectivity index (χ0) is 80.9. The molecule has 0 saturated carbocycles. The van der Waals surface area contributed by atoms with Crippen LogP contribution >= 0.6 is 15.6 Å². The molecule has 0 aliphatic heterocycles. The Hall–Kier alpha value is -3.57. The molecule has 0 bridgehead atoms. The molecule has 26 heteroatoms. The molecule has 0 fully saturated rings. The van der Waals surface area contributed by atoms with Crippen LogP contribution in [0.3, 0.4) is 0 Å². The van der Waals surface area contributed by atoms with Gasteiger partial charge in [-0.2, -0.15) is 0 Å². The molecular formula is C84H164N6O18P2. The van der Waals surface area contributed by atoms with Gasteiger partial charge in [0.2, 0.25) is 23.6 Å². The van der Waals surface area contributed by atoms with E-state index in [0.29, 0.717) is 51.4 Å².